The van der Waals surface area contributed by atoms with Crippen molar-refractivity contribution in [1.29, 1.82) is 5.26 Å². The van der Waals surface area contributed by atoms with Crippen molar-refractivity contribution in [3.05, 3.63) is 83.4 Å². The van der Waals surface area contributed by atoms with Gasteiger partial charge in [0.05, 0.1) is 34.4 Å². The first-order valence-corrected chi connectivity index (χ1v) is 9.16. The highest BCUT2D eigenvalue weighted by Crippen LogP contribution is 2.53. The fourth-order valence-electron chi connectivity index (χ4n) is 4.07. The number of para-hydroxylation sites is 2. The van der Waals surface area contributed by atoms with Crippen LogP contribution in [0.15, 0.2) is 66.7 Å². The molecule has 0 radical (unpaired) electrons. The molecule has 0 aliphatic carbocycles. The van der Waals surface area contributed by atoms with Crippen molar-refractivity contribution in [2.24, 2.45) is 0 Å². The first-order valence-electron chi connectivity index (χ1n) is 9.16. The first kappa shape index (κ1) is 17.2. The summed E-state index contributed by atoms with van der Waals surface area (Å²) in [5.74, 6) is 0. The molecule has 0 saturated carbocycles. The Bertz CT molecular complexity index is 1010. The summed E-state index contributed by atoms with van der Waals surface area (Å²) in [5, 5.41) is 9.35. The van der Waals surface area contributed by atoms with Crippen LogP contribution in [0.4, 0.5) is 22.7 Å². The molecule has 0 amide bonds. The molecule has 0 saturated heterocycles. The van der Waals surface area contributed by atoms with E-state index in [-0.39, 0.29) is 5.41 Å². The van der Waals surface area contributed by atoms with Crippen molar-refractivity contribution in [2.45, 2.75) is 19.3 Å². The molecule has 0 bridgehead atoms. The van der Waals surface area contributed by atoms with Gasteiger partial charge >= 0.3 is 0 Å². The third-order valence-electron chi connectivity index (χ3n) is 5.46. The molecule has 1 aliphatic heterocycles. The van der Waals surface area contributed by atoms with Gasteiger partial charge in [-0.15, -0.1) is 0 Å². The SMILES string of the molecule is CN(C)c1cc(C#N)ccc1N1c2ccccc2C(C)(C)c2ccccc21. The van der Waals surface area contributed by atoms with E-state index in [4.69, 9.17) is 0 Å². The molecule has 0 N–H and O–H groups in total. The Morgan fingerprint density at radius 1 is 0.815 bits per heavy atom. The predicted molar refractivity (Wildman–Crippen MR) is 112 cm³/mol. The van der Waals surface area contributed by atoms with E-state index in [1.54, 1.807) is 0 Å². The average molecular weight is 353 g/mol. The van der Waals surface area contributed by atoms with Crippen molar-refractivity contribution >= 4 is 22.7 Å². The summed E-state index contributed by atoms with van der Waals surface area (Å²) >= 11 is 0. The summed E-state index contributed by atoms with van der Waals surface area (Å²) in [6.07, 6.45) is 0. The second-order valence-electron chi connectivity index (χ2n) is 7.70. The molecule has 3 aromatic carbocycles. The van der Waals surface area contributed by atoms with E-state index in [2.05, 4.69) is 84.3 Å². The van der Waals surface area contributed by atoms with Crippen LogP contribution in [0.25, 0.3) is 0 Å². The van der Waals surface area contributed by atoms with Crippen LogP contribution < -0.4 is 9.80 Å². The number of anilines is 4. The summed E-state index contributed by atoms with van der Waals surface area (Å²) in [4.78, 5) is 4.40. The second-order valence-corrected chi connectivity index (χ2v) is 7.70. The topological polar surface area (TPSA) is 30.3 Å². The molecule has 4 rings (SSSR count). The van der Waals surface area contributed by atoms with Gasteiger partial charge in [0.2, 0.25) is 0 Å². The Kier molecular flexibility index (Phi) is 3.93. The van der Waals surface area contributed by atoms with Gasteiger partial charge in [0.25, 0.3) is 0 Å². The van der Waals surface area contributed by atoms with Gasteiger partial charge in [-0.1, -0.05) is 50.2 Å². The van der Waals surface area contributed by atoms with E-state index < -0.39 is 0 Å². The zero-order valence-electron chi connectivity index (χ0n) is 16.2. The van der Waals surface area contributed by atoms with Crippen molar-refractivity contribution in [3.8, 4) is 6.07 Å². The number of rotatable bonds is 2. The highest BCUT2D eigenvalue weighted by Gasteiger charge is 2.37. The number of fused-ring (bicyclic) bond motifs is 2. The van der Waals surface area contributed by atoms with Gasteiger partial charge in [0.1, 0.15) is 0 Å². The van der Waals surface area contributed by atoms with Gasteiger partial charge < -0.3 is 9.80 Å². The molecule has 0 spiro atoms. The molecular formula is C24H23N3. The molecule has 0 aromatic heterocycles. The largest absolute Gasteiger partial charge is 0.376 e. The number of benzene rings is 3. The summed E-state index contributed by atoms with van der Waals surface area (Å²) in [7, 11) is 4.04. The maximum atomic E-state index is 9.35. The molecule has 3 nitrogen and oxygen atoms in total. The van der Waals surface area contributed by atoms with Gasteiger partial charge in [0, 0.05) is 19.5 Å². The van der Waals surface area contributed by atoms with Crippen LogP contribution in [0.5, 0.6) is 0 Å². The van der Waals surface area contributed by atoms with Gasteiger partial charge in [0.15, 0.2) is 0 Å². The summed E-state index contributed by atoms with van der Waals surface area (Å²) in [6.45, 7) is 4.57. The van der Waals surface area contributed by atoms with Crippen LogP contribution in [0.2, 0.25) is 0 Å². The minimum atomic E-state index is -0.0748. The Labute approximate surface area is 161 Å². The summed E-state index contributed by atoms with van der Waals surface area (Å²) in [6, 6.07) is 25.4. The molecule has 27 heavy (non-hydrogen) atoms. The standard InChI is InChI=1S/C24H23N3/c1-24(2)18-9-5-7-11-20(18)27(21-12-8-6-10-19(21)24)22-14-13-17(16-25)15-23(22)26(3)4/h5-15H,1-4H3. The van der Waals surface area contributed by atoms with Gasteiger partial charge in [-0.2, -0.15) is 5.26 Å². The summed E-state index contributed by atoms with van der Waals surface area (Å²) in [5.41, 5.74) is 7.68. The normalized spacial score (nSPS) is 14.1. The Morgan fingerprint density at radius 2 is 1.37 bits per heavy atom. The molecule has 0 unspecified atom stereocenters. The highest BCUT2D eigenvalue weighted by atomic mass is 15.2. The third kappa shape index (κ3) is 2.57. The van der Waals surface area contributed by atoms with Crippen LogP contribution in [0.3, 0.4) is 0 Å². The number of nitrogens with zero attached hydrogens (tertiary/aromatic N) is 3. The Hall–Kier alpha value is -3.25. The van der Waals surface area contributed by atoms with Crippen LogP contribution in [0, 0.1) is 11.3 Å². The number of hydrogen-bond acceptors (Lipinski definition) is 3. The fraction of sp³-hybridized carbons (Fsp3) is 0.208. The minimum absolute atomic E-state index is 0.0748. The molecular weight excluding hydrogens is 330 g/mol. The van der Waals surface area contributed by atoms with Crippen molar-refractivity contribution < 1.29 is 0 Å². The summed E-state index contributed by atoms with van der Waals surface area (Å²) < 4.78 is 0. The first-order chi connectivity index (χ1) is 12.9. The van der Waals surface area contributed by atoms with Crippen molar-refractivity contribution in [1.82, 2.24) is 0 Å². The van der Waals surface area contributed by atoms with Crippen molar-refractivity contribution in [2.75, 3.05) is 23.9 Å². The maximum Gasteiger partial charge on any atom is 0.0992 e. The second kappa shape index (κ2) is 6.17. The zero-order valence-corrected chi connectivity index (χ0v) is 16.2. The molecule has 1 heterocycles. The average Bonchev–Trinajstić information content (AvgIpc) is 2.68. The lowest BCUT2D eigenvalue weighted by Gasteiger charge is -2.42. The molecule has 134 valence electrons. The predicted octanol–water partition coefficient (Wildman–Crippen LogP) is 5.73. The number of nitriles is 1. The van der Waals surface area contributed by atoms with Crippen LogP contribution in [-0.4, -0.2) is 14.1 Å². The Balaban J connectivity index is 2.05. The lowest BCUT2D eigenvalue weighted by molar-refractivity contribution is 0.632. The molecule has 3 aromatic rings. The quantitative estimate of drug-likeness (QED) is 0.589. The third-order valence-corrected chi connectivity index (χ3v) is 5.46. The minimum Gasteiger partial charge on any atom is -0.376 e. The van der Waals surface area contributed by atoms with Gasteiger partial charge in [-0.3, -0.25) is 0 Å². The molecule has 3 heteroatoms. The van der Waals surface area contributed by atoms with Gasteiger partial charge in [-0.25, -0.2) is 0 Å². The van der Waals surface area contributed by atoms with E-state index in [0.29, 0.717) is 5.56 Å². The lowest BCUT2D eigenvalue weighted by atomic mass is 9.73. The van der Waals surface area contributed by atoms with E-state index >= 15 is 0 Å². The van der Waals surface area contributed by atoms with Crippen LogP contribution >= 0.6 is 0 Å². The van der Waals surface area contributed by atoms with Crippen LogP contribution in [-0.2, 0) is 5.41 Å². The van der Waals surface area contributed by atoms with Crippen LogP contribution in [0.1, 0.15) is 30.5 Å². The molecule has 0 fully saturated rings. The number of hydrogen-bond donors (Lipinski definition) is 0. The monoisotopic (exact) mass is 353 g/mol. The molecule has 0 atom stereocenters. The van der Waals surface area contributed by atoms with E-state index in [1.165, 1.54) is 22.5 Å². The zero-order chi connectivity index (χ0) is 19.2. The van der Waals surface area contributed by atoms with E-state index in [1.807, 2.05) is 26.2 Å². The fourth-order valence-corrected chi connectivity index (χ4v) is 4.07. The van der Waals surface area contributed by atoms with E-state index in [9.17, 15) is 5.26 Å². The maximum absolute atomic E-state index is 9.35. The van der Waals surface area contributed by atoms with Gasteiger partial charge in [-0.05, 0) is 41.5 Å². The smallest absolute Gasteiger partial charge is 0.0992 e. The van der Waals surface area contributed by atoms with Crippen molar-refractivity contribution in [3.63, 3.8) is 0 Å². The van der Waals surface area contributed by atoms with E-state index in [0.717, 1.165) is 11.4 Å². The lowest BCUT2D eigenvalue weighted by Crippen LogP contribution is -2.31. The molecule has 1 aliphatic rings. The Morgan fingerprint density at radius 3 is 1.89 bits per heavy atom. The highest BCUT2D eigenvalue weighted by molar-refractivity contribution is 5.91.